The molecule has 2 aliphatic rings. The molecule has 5 rings (SSSR count). The fraction of sp³-hybridized carbons (Fsp3) is 0.115. The van der Waals surface area contributed by atoms with Gasteiger partial charge in [-0.1, -0.05) is 64.5 Å². The number of rotatable bonds is 3. The summed E-state index contributed by atoms with van der Waals surface area (Å²) in [5.41, 5.74) is 9.86. The van der Waals surface area contributed by atoms with Crippen molar-refractivity contribution in [1.82, 2.24) is 0 Å². The number of hydrogen-bond donors (Lipinski definition) is 1. The van der Waals surface area contributed by atoms with Crippen LogP contribution in [-0.2, 0) is 21.3 Å². The van der Waals surface area contributed by atoms with Crippen molar-refractivity contribution in [3.8, 4) is 6.07 Å². The molecule has 0 radical (unpaired) electrons. The number of nitrogens with two attached hydrogens (primary N) is 1. The van der Waals surface area contributed by atoms with Gasteiger partial charge in [-0.2, -0.15) is 5.26 Å². The quantitative estimate of drug-likeness (QED) is 0.493. The summed E-state index contributed by atoms with van der Waals surface area (Å²) in [5, 5.41) is 9.93. The summed E-state index contributed by atoms with van der Waals surface area (Å²) in [6, 6.07) is 24.1. The Morgan fingerprint density at radius 2 is 1.74 bits per heavy atom. The van der Waals surface area contributed by atoms with E-state index in [0.717, 1.165) is 15.6 Å². The first-order valence-corrected chi connectivity index (χ1v) is 12.8. The van der Waals surface area contributed by atoms with E-state index in [1.807, 2.05) is 55.5 Å². The second kappa shape index (κ2) is 8.35. The molecule has 2 aliphatic heterocycles. The second-order valence-corrected chi connectivity index (χ2v) is 10.9. The van der Waals surface area contributed by atoms with Crippen molar-refractivity contribution in [2.75, 3.05) is 4.31 Å². The Kier molecular flexibility index (Phi) is 5.47. The van der Waals surface area contributed by atoms with Gasteiger partial charge in [0, 0.05) is 10.0 Å². The van der Waals surface area contributed by atoms with Gasteiger partial charge in [-0.05, 0) is 47.9 Å². The van der Waals surface area contributed by atoms with Crippen LogP contribution in [0.5, 0.6) is 0 Å². The number of hydrogen-bond acceptors (Lipinski definition) is 5. The van der Waals surface area contributed by atoms with Gasteiger partial charge in [0.15, 0.2) is 5.76 Å². The normalized spacial score (nSPS) is 18.6. The van der Waals surface area contributed by atoms with Crippen molar-refractivity contribution in [3.63, 3.8) is 0 Å². The van der Waals surface area contributed by atoms with Crippen molar-refractivity contribution < 1.29 is 13.2 Å². The second-order valence-electron chi connectivity index (χ2n) is 8.13. The predicted octanol–water partition coefficient (Wildman–Crippen LogP) is 5.28. The van der Waals surface area contributed by atoms with Crippen LogP contribution < -0.4 is 10.0 Å². The third kappa shape index (κ3) is 3.49. The summed E-state index contributed by atoms with van der Waals surface area (Å²) in [6.07, 6.45) is 0. The Morgan fingerprint density at radius 1 is 1.06 bits per heavy atom. The van der Waals surface area contributed by atoms with E-state index in [-0.39, 0.29) is 28.7 Å². The summed E-state index contributed by atoms with van der Waals surface area (Å²) in [7, 11) is -4.09. The van der Waals surface area contributed by atoms with Crippen molar-refractivity contribution in [2.24, 2.45) is 5.73 Å². The molecule has 2 N–H and O–H groups in total. The molecule has 1 atom stereocenters. The van der Waals surface area contributed by atoms with Crippen LogP contribution in [0.25, 0.3) is 5.76 Å². The number of aryl methyl sites for hydroxylation is 1. The summed E-state index contributed by atoms with van der Waals surface area (Å²) < 4.78 is 36.6. The maximum absolute atomic E-state index is 14.3. The van der Waals surface area contributed by atoms with Crippen LogP contribution in [0, 0.1) is 18.3 Å². The fourth-order valence-corrected chi connectivity index (χ4v) is 6.58. The molecule has 0 bridgehead atoms. The third-order valence-electron chi connectivity index (χ3n) is 6.14. The molecule has 0 aliphatic carbocycles. The standard InChI is InChI=1S/C26H20BrN3O3S/c1-16-6-2-3-7-18(16)15-30-22-9-5-4-8-20(22)24-25(34(30,31)32)23(21(14-28)26(29)33-24)17-10-12-19(27)13-11-17/h2-13,23H,15,29H2,1H3/t23-/m1/s1. The number of para-hydroxylation sites is 1. The summed E-state index contributed by atoms with van der Waals surface area (Å²) in [5.74, 6) is -0.813. The SMILES string of the molecule is Cc1ccccc1CN1c2ccccc2C2=C([C@H](c3ccc(Br)cc3)C(C#N)=C(N)O2)S1(=O)=O. The highest BCUT2D eigenvalue weighted by molar-refractivity contribution is 9.10. The molecular formula is C26H20BrN3O3S. The Balaban J connectivity index is 1.77. The van der Waals surface area contributed by atoms with Crippen LogP contribution in [0.3, 0.4) is 0 Å². The van der Waals surface area contributed by atoms with Gasteiger partial charge in [0.2, 0.25) is 5.88 Å². The molecule has 0 aromatic heterocycles. The molecule has 3 aromatic carbocycles. The first-order chi connectivity index (χ1) is 16.3. The Hall–Kier alpha value is -3.54. The van der Waals surface area contributed by atoms with Crippen molar-refractivity contribution in [1.29, 1.82) is 5.26 Å². The molecule has 34 heavy (non-hydrogen) atoms. The molecule has 3 aromatic rings. The number of nitriles is 1. The molecule has 0 unspecified atom stereocenters. The Bertz CT molecular complexity index is 1520. The molecule has 8 heteroatoms. The van der Waals surface area contributed by atoms with Crippen LogP contribution in [0.2, 0.25) is 0 Å². The molecule has 0 fully saturated rings. The highest BCUT2D eigenvalue weighted by Crippen LogP contribution is 2.51. The number of nitrogens with zero attached hydrogens (tertiary/aromatic N) is 2. The summed E-state index contributed by atoms with van der Waals surface area (Å²) in [4.78, 5) is 0.0212. The van der Waals surface area contributed by atoms with Gasteiger partial charge < -0.3 is 10.5 Å². The van der Waals surface area contributed by atoms with Crippen LogP contribution in [0.15, 0.2) is 93.6 Å². The van der Waals surface area contributed by atoms with Crippen LogP contribution in [-0.4, -0.2) is 8.42 Å². The van der Waals surface area contributed by atoms with E-state index in [1.54, 1.807) is 24.3 Å². The van der Waals surface area contributed by atoms with E-state index in [2.05, 4.69) is 22.0 Å². The lowest BCUT2D eigenvalue weighted by molar-refractivity contribution is 0.357. The van der Waals surface area contributed by atoms with E-state index >= 15 is 0 Å². The van der Waals surface area contributed by atoms with E-state index in [9.17, 15) is 13.7 Å². The average Bonchev–Trinajstić information content (AvgIpc) is 2.82. The lowest BCUT2D eigenvalue weighted by Crippen LogP contribution is -2.39. The van der Waals surface area contributed by atoms with Gasteiger partial charge in [-0.3, -0.25) is 4.31 Å². The van der Waals surface area contributed by atoms with Gasteiger partial charge in [0.25, 0.3) is 10.0 Å². The molecule has 0 saturated heterocycles. The zero-order valence-electron chi connectivity index (χ0n) is 18.2. The molecular weight excluding hydrogens is 514 g/mol. The van der Waals surface area contributed by atoms with E-state index in [4.69, 9.17) is 10.5 Å². The molecule has 0 saturated carbocycles. The van der Waals surface area contributed by atoms with Gasteiger partial charge in [0.1, 0.15) is 16.5 Å². The predicted molar refractivity (Wildman–Crippen MR) is 134 cm³/mol. The third-order valence-corrected chi connectivity index (χ3v) is 8.55. The minimum absolute atomic E-state index is 0.0212. The maximum atomic E-state index is 14.3. The number of allylic oxidation sites excluding steroid dienone is 2. The number of anilines is 1. The minimum atomic E-state index is -4.09. The largest absolute Gasteiger partial charge is 0.439 e. The topological polar surface area (TPSA) is 96.4 Å². The van der Waals surface area contributed by atoms with Crippen LogP contribution in [0.1, 0.15) is 28.2 Å². The van der Waals surface area contributed by atoms with E-state index in [0.29, 0.717) is 16.8 Å². The molecule has 2 heterocycles. The number of halogens is 1. The van der Waals surface area contributed by atoms with E-state index in [1.165, 1.54) is 4.31 Å². The Morgan fingerprint density at radius 3 is 2.44 bits per heavy atom. The highest BCUT2D eigenvalue weighted by atomic mass is 79.9. The monoisotopic (exact) mass is 533 g/mol. The number of benzene rings is 3. The van der Waals surface area contributed by atoms with Crippen molar-refractivity contribution in [2.45, 2.75) is 19.4 Å². The summed E-state index contributed by atoms with van der Waals surface area (Å²) >= 11 is 3.41. The van der Waals surface area contributed by atoms with Crippen LogP contribution in [0.4, 0.5) is 5.69 Å². The molecule has 6 nitrogen and oxygen atoms in total. The molecule has 170 valence electrons. The maximum Gasteiger partial charge on any atom is 0.265 e. The first-order valence-electron chi connectivity index (χ1n) is 10.6. The fourth-order valence-electron chi connectivity index (χ4n) is 4.41. The zero-order valence-corrected chi connectivity index (χ0v) is 20.6. The molecule has 0 amide bonds. The Labute approximate surface area is 206 Å². The summed E-state index contributed by atoms with van der Waals surface area (Å²) in [6.45, 7) is 2.10. The lowest BCUT2D eigenvalue weighted by Gasteiger charge is -2.38. The number of sulfonamides is 1. The lowest BCUT2D eigenvalue weighted by atomic mass is 9.88. The number of fused-ring (bicyclic) bond motifs is 2. The van der Waals surface area contributed by atoms with Gasteiger partial charge in [0.05, 0.1) is 18.2 Å². The van der Waals surface area contributed by atoms with Crippen molar-refractivity contribution >= 4 is 37.4 Å². The highest BCUT2D eigenvalue weighted by Gasteiger charge is 2.47. The van der Waals surface area contributed by atoms with Gasteiger partial charge >= 0.3 is 0 Å². The van der Waals surface area contributed by atoms with Crippen molar-refractivity contribution in [3.05, 3.63) is 116 Å². The zero-order chi connectivity index (χ0) is 24.0. The number of ether oxygens (including phenoxy) is 1. The van der Waals surface area contributed by atoms with E-state index < -0.39 is 15.9 Å². The van der Waals surface area contributed by atoms with Crippen LogP contribution >= 0.6 is 15.9 Å². The average molecular weight is 534 g/mol. The first kappa shape index (κ1) is 22.3. The molecule has 0 spiro atoms. The smallest absolute Gasteiger partial charge is 0.265 e. The van der Waals surface area contributed by atoms with Gasteiger partial charge in [-0.25, -0.2) is 8.42 Å². The minimum Gasteiger partial charge on any atom is -0.439 e. The van der Waals surface area contributed by atoms with Gasteiger partial charge in [-0.15, -0.1) is 0 Å².